The Kier molecular flexibility index (Phi) is 2.13. The second-order valence-corrected chi connectivity index (χ2v) is 4.53. The first-order valence-electron chi connectivity index (χ1n) is 4.94. The Labute approximate surface area is 99.8 Å². The maximum absolute atomic E-state index is 5.83. The molecule has 0 bridgehead atoms. The largest absolute Gasteiger partial charge is 0.383 e. The molecular weight excluding hydrogens is 272 g/mol. The van der Waals surface area contributed by atoms with Crippen LogP contribution in [0.5, 0.6) is 0 Å². The molecule has 82 valence electrons. The van der Waals surface area contributed by atoms with E-state index < -0.39 is 0 Å². The number of rotatable bonds is 2. The lowest BCUT2D eigenvalue weighted by Gasteiger charge is -2.06. The molecular formula is C9H9BrN6. The third-order valence-corrected chi connectivity index (χ3v) is 3.31. The van der Waals surface area contributed by atoms with Crippen molar-refractivity contribution in [2.45, 2.75) is 18.8 Å². The number of nitrogens with zero attached hydrogens (tertiary/aromatic N) is 4. The summed E-state index contributed by atoms with van der Waals surface area (Å²) in [5.74, 6) is 1.99. The van der Waals surface area contributed by atoms with Crippen molar-refractivity contribution in [3.05, 3.63) is 16.5 Å². The molecule has 16 heavy (non-hydrogen) atoms. The predicted molar refractivity (Wildman–Crippen MR) is 61.5 cm³/mol. The van der Waals surface area contributed by atoms with Gasteiger partial charge < -0.3 is 5.73 Å². The fourth-order valence-corrected chi connectivity index (χ4v) is 2.03. The van der Waals surface area contributed by atoms with Gasteiger partial charge >= 0.3 is 0 Å². The quantitative estimate of drug-likeness (QED) is 0.869. The Morgan fingerprint density at radius 2 is 2.19 bits per heavy atom. The fraction of sp³-hybridized carbons (Fsp3) is 0.333. The van der Waals surface area contributed by atoms with Crippen LogP contribution >= 0.6 is 15.9 Å². The summed E-state index contributed by atoms with van der Waals surface area (Å²) in [6.45, 7) is 0. The van der Waals surface area contributed by atoms with Crippen LogP contribution in [0.15, 0.2) is 10.8 Å². The van der Waals surface area contributed by atoms with Gasteiger partial charge in [0.25, 0.3) is 0 Å². The Hall–Kier alpha value is -1.50. The molecule has 0 spiro atoms. The number of aromatic amines is 1. The molecule has 1 saturated carbocycles. The molecule has 0 aromatic carbocycles. The second kappa shape index (κ2) is 3.51. The molecule has 2 aromatic heterocycles. The molecule has 1 aliphatic rings. The van der Waals surface area contributed by atoms with E-state index in [1.165, 1.54) is 6.33 Å². The van der Waals surface area contributed by atoms with E-state index in [0.29, 0.717) is 23.4 Å². The number of aromatic nitrogens is 5. The molecule has 1 fully saturated rings. The van der Waals surface area contributed by atoms with Gasteiger partial charge in [-0.15, -0.1) is 0 Å². The Morgan fingerprint density at radius 3 is 2.81 bits per heavy atom. The number of nitrogens with one attached hydrogen (secondary N) is 1. The summed E-state index contributed by atoms with van der Waals surface area (Å²) in [7, 11) is 0. The van der Waals surface area contributed by atoms with Gasteiger partial charge in [0.05, 0.1) is 10.2 Å². The summed E-state index contributed by atoms with van der Waals surface area (Å²) >= 11 is 3.42. The number of nitrogens with two attached hydrogens (primary N) is 1. The number of anilines is 1. The van der Waals surface area contributed by atoms with Crippen molar-refractivity contribution in [1.29, 1.82) is 0 Å². The highest BCUT2D eigenvalue weighted by atomic mass is 79.9. The zero-order valence-corrected chi connectivity index (χ0v) is 9.90. The first-order chi connectivity index (χ1) is 7.75. The predicted octanol–water partition coefficient (Wildman–Crippen LogP) is 1.48. The number of hydrogen-bond acceptors (Lipinski definition) is 5. The highest BCUT2D eigenvalue weighted by Gasteiger charge is 2.29. The first kappa shape index (κ1) is 9.71. The average Bonchev–Trinajstić information content (AvgIpc) is 2.96. The number of halogens is 1. The summed E-state index contributed by atoms with van der Waals surface area (Å²) in [4.78, 5) is 12.7. The molecule has 0 atom stereocenters. The van der Waals surface area contributed by atoms with Gasteiger partial charge in [-0.25, -0.2) is 15.0 Å². The van der Waals surface area contributed by atoms with E-state index in [2.05, 4.69) is 41.1 Å². The monoisotopic (exact) mass is 280 g/mol. The molecule has 0 unspecified atom stereocenters. The van der Waals surface area contributed by atoms with Gasteiger partial charge in [-0.3, -0.25) is 5.10 Å². The van der Waals surface area contributed by atoms with Crippen LogP contribution < -0.4 is 5.73 Å². The molecule has 0 saturated heterocycles. The molecule has 3 rings (SSSR count). The minimum absolute atomic E-state index is 0.447. The van der Waals surface area contributed by atoms with Crippen molar-refractivity contribution in [3.8, 4) is 11.6 Å². The molecule has 3 N–H and O–H groups in total. The summed E-state index contributed by atoms with van der Waals surface area (Å²) in [6.07, 6.45) is 3.74. The van der Waals surface area contributed by atoms with Gasteiger partial charge in [-0.05, 0) is 28.8 Å². The molecule has 6 nitrogen and oxygen atoms in total. The van der Waals surface area contributed by atoms with Crippen LogP contribution in [0.25, 0.3) is 11.6 Å². The average molecular weight is 281 g/mol. The number of nitrogen functional groups attached to an aromatic ring is 1. The minimum Gasteiger partial charge on any atom is -0.383 e. The highest BCUT2D eigenvalue weighted by Crippen LogP contribution is 2.43. The van der Waals surface area contributed by atoms with Crippen molar-refractivity contribution < 1.29 is 0 Å². The van der Waals surface area contributed by atoms with Crippen molar-refractivity contribution in [3.63, 3.8) is 0 Å². The third-order valence-electron chi connectivity index (χ3n) is 2.49. The lowest BCUT2D eigenvalue weighted by Crippen LogP contribution is -2.02. The molecule has 2 heterocycles. The first-order valence-corrected chi connectivity index (χ1v) is 5.73. The fourth-order valence-electron chi connectivity index (χ4n) is 1.53. The van der Waals surface area contributed by atoms with Crippen molar-refractivity contribution in [2.24, 2.45) is 0 Å². The van der Waals surface area contributed by atoms with E-state index in [1.54, 1.807) is 0 Å². The molecule has 2 aromatic rings. The van der Waals surface area contributed by atoms with E-state index in [-0.39, 0.29) is 0 Å². The van der Waals surface area contributed by atoms with Crippen molar-refractivity contribution >= 4 is 21.7 Å². The second-order valence-electron chi connectivity index (χ2n) is 3.74. The van der Waals surface area contributed by atoms with Crippen LogP contribution in [0.3, 0.4) is 0 Å². The van der Waals surface area contributed by atoms with E-state index in [4.69, 9.17) is 5.73 Å². The minimum atomic E-state index is 0.447. The van der Waals surface area contributed by atoms with E-state index in [0.717, 1.165) is 23.0 Å². The Bertz CT molecular complexity index is 519. The zero-order valence-electron chi connectivity index (χ0n) is 8.31. The van der Waals surface area contributed by atoms with Crippen LogP contribution in [0.4, 0.5) is 5.82 Å². The van der Waals surface area contributed by atoms with Gasteiger partial charge in [-0.1, -0.05) is 0 Å². The van der Waals surface area contributed by atoms with E-state index in [9.17, 15) is 0 Å². The van der Waals surface area contributed by atoms with Crippen LogP contribution in [0.2, 0.25) is 0 Å². The summed E-state index contributed by atoms with van der Waals surface area (Å²) in [6, 6.07) is 0. The van der Waals surface area contributed by atoms with Crippen molar-refractivity contribution in [1.82, 2.24) is 25.1 Å². The summed E-state index contributed by atoms with van der Waals surface area (Å²) in [5.41, 5.74) is 6.80. The maximum Gasteiger partial charge on any atom is 0.199 e. The SMILES string of the molecule is Nc1nc(-c2ncn[nH]2)nc(C2CC2)c1Br. The molecule has 1 aliphatic carbocycles. The molecule has 0 aliphatic heterocycles. The van der Waals surface area contributed by atoms with Gasteiger partial charge in [0.2, 0.25) is 0 Å². The number of H-pyrrole nitrogens is 1. The van der Waals surface area contributed by atoms with Crippen LogP contribution in [0, 0.1) is 0 Å². The molecule has 0 amide bonds. The van der Waals surface area contributed by atoms with Crippen LogP contribution in [-0.2, 0) is 0 Å². The summed E-state index contributed by atoms with van der Waals surface area (Å²) < 4.78 is 0.804. The Balaban J connectivity index is 2.13. The van der Waals surface area contributed by atoms with Crippen molar-refractivity contribution in [2.75, 3.05) is 5.73 Å². The normalized spacial score (nSPS) is 15.3. The maximum atomic E-state index is 5.83. The van der Waals surface area contributed by atoms with Crippen LogP contribution in [-0.4, -0.2) is 25.1 Å². The summed E-state index contributed by atoms with van der Waals surface area (Å²) in [5, 5.41) is 6.50. The number of hydrogen-bond donors (Lipinski definition) is 2. The van der Waals surface area contributed by atoms with E-state index in [1.807, 2.05) is 0 Å². The van der Waals surface area contributed by atoms with E-state index >= 15 is 0 Å². The Morgan fingerprint density at radius 1 is 1.38 bits per heavy atom. The van der Waals surface area contributed by atoms with Gasteiger partial charge in [0.15, 0.2) is 11.6 Å². The third kappa shape index (κ3) is 1.57. The topological polar surface area (TPSA) is 93.4 Å². The molecule has 0 radical (unpaired) electrons. The van der Waals surface area contributed by atoms with Crippen LogP contribution in [0.1, 0.15) is 24.5 Å². The standard InChI is InChI=1S/C9H9BrN6/c10-5-6(4-1-2-4)14-9(15-7(5)11)8-12-3-13-16-8/h3-4H,1-2H2,(H2,11,14,15)(H,12,13,16). The zero-order chi connectivity index (χ0) is 11.1. The smallest absolute Gasteiger partial charge is 0.199 e. The lowest BCUT2D eigenvalue weighted by molar-refractivity contribution is 0.967. The molecule has 7 heteroatoms. The van der Waals surface area contributed by atoms with Gasteiger partial charge in [0.1, 0.15) is 12.1 Å². The van der Waals surface area contributed by atoms with Gasteiger partial charge in [-0.2, -0.15) is 5.10 Å². The lowest BCUT2D eigenvalue weighted by atomic mass is 10.2. The van der Waals surface area contributed by atoms with Gasteiger partial charge in [0, 0.05) is 5.92 Å². The highest BCUT2D eigenvalue weighted by molar-refractivity contribution is 9.10.